The SMILES string of the molecule is CCOC(=O)/C=C/c1cc(SCc2ccccc2)ccc1Nc1ccc(Cl)cc1C1CC1. The average molecular weight is 464 g/mol. The second-order valence-electron chi connectivity index (χ2n) is 7.74. The molecule has 0 heterocycles. The Hall–Kier alpha value is -2.69. The van der Waals surface area contributed by atoms with E-state index in [0.29, 0.717) is 12.5 Å². The highest BCUT2D eigenvalue weighted by Crippen LogP contribution is 2.45. The molecule has 1 saturated carbocycles. The van der Waals surface area contributed by atoms with Crippen LogP contribution >= 0.6 is 23.4 Å². The number of nitrogens with one attached hydrogen (secondary N) is 1. The molecule has 1 N–H and O–H groups in total. The van der Waals surface area contributed by atoms with E-state index < -0.39 is 0 Å². The molecule has 0 amide bonds. The molecular formula is C27H26ClNO2S. The molecule has 0 aromatic heterocycles. The Kier molecular flexibility index (Phi) is 7.56. The molecule has 0 spiro atoms. The van der Waals surface area contributed by atoms with Gasteiger partial charge >= 0.3 is 5.97 Å². The summed E-state index contributed by atoms with van der Waals surface area (Å²) >= 11 is 8.02. The van der Waals surface area contributed by atoms with Gasteiger partial charge in [0, 0.05) is 33.1 Å². The first-order chi connectivity index (χ1) is 15.6. The highest BCUT2D eigenvalue weighted by atomic mass is 35.5. The van der Waals surface area contributed by atoms with E-state index in [2.05, 4.69) is 53.8 Å². The Labute approximate surface area is 198 Å². The van der Waals surface area contributed by atoms with Gasteiger partial charge in [-0.2, -0.15) is 0 Å². The maximum Gasteiger partial charge on any atom is 0.330 e. The van der Waals surface area contributed by atoms with Crippen molar-refractivity contribution in [2.75, 3.05) is 11.9 Å². The van der Waals surface area contributed by atoms with Gasteiger partial charge in [0.25, 0.3) is 0 Å². The zero-order valence-electron chi connectivity index (χ0n) is 18.0. The second kappa shape index (κ2) is 10.8. The lowest BCUT2D eigenvalue weighted by molar-refractivity contribution is -0.137. The topological polar surface area (TPSA) is 38.3 Å². The molecule has 164 valence electrons. The summed E-state index contributed by atoms with van der Waals surface area (Å²) in [4.78, 5) is 13.1. The highest BCUT2D eigenvalue weighted by molar-refractivity contribution is 7.98. The van der Waals surface area contributed by atoms with E-state index in [9.17, 15) is 4.79 Å². The van der Waals surface area contributed by atoms with Crippen LogP contribution in [-0.4, -0.2) is 12.6 Å². The van der Waals surface area contributed by atoms with Gasteiger partial charge in [0.15, 0.2) is 0 Å². The van der Waals surface area contributed by atoms with Gasteiger partial charge in [-0.3, -0.25) is 0 Å². The summed E-state index contributed by atoms with van der Waals surface area (Å²) in [6, 6.07) is 22.7. The number of hydrogen-bond donors (Lipinski definition) is 1. The Bertz CT molecular complexity index is 1110. The Morgan fingerprint density at radius 2 is 1.88 bits per heavy atom. The predicted octanol–water partition coefficient (Wildman–Crippen LogP) is 7.83. The van der Waals surface area contributed by atoms with Crippen LogP contribution in [0.1, 0.15) is 42.4 Å². The Balaban J connectivity index is 1.59. The van der Waals surface area contributed by atoms with Gasteiger partial charge in [0.1, 0.15) is 0 Å². The number of ether oxygens (including phenoxy) is 1. The average Bonchev–Trinajstić information content (AvgIpc) is 3.65. The number of benzene rings is 3. The van der Waals surface area contributed by atoms with E-state index in [-0.39, 0.29) is 5.97 Å². The predicted molar refractivity (Wildman–Crippen MR) is 135 cm³/mol. The molecule has 1 aliphatic rings. The number of anilines is 2. The van der Waals surface area contributed by atoms with Gasteiger partial charge in [0.2, 0.25) is 0 Å². The molecule has 5 heteroatoms. The van der Waals surface area contributed by atoms with Gasteiger partial charge in [-0.15, -0.1) is 11.8 Å². The summed E-state index contributed by atoms with van der Waals surface area (Å²) in [7, 11) is 0. The fourth-order valence-corrected chi connectivity index (χ4v) is 4.58. The molecule has 0 bridgehead atoms. The number of thioether (sulfide) groups is 1. The largest absolute Gasteiger partial charge is 0.463 e. The first-order valence-electron chi connectivity index (χ1n) is 10.8. The molecule has 3 nitrogen and oxygen atoms in total. The number of halogens is 1. The molecule has 0 saturated heterocycles. The molecule has 0 atom stereocenters. The number of rotatable bonds is 9. The van der Waals surface area contributed by atoms with Crippen molar-refractivity contribution in [3.63, 3.8) is 0 Å². The lowest BCUT2D eigenvalue weighted by Crippen LogP contribution is -2.00. The molecule has 3 aromatic carbocycles. The van der Waals surface area contributed by atoms with E-state index in [1.54, 1.807) is 18.7 Å². The summed E-state index contributed by atoms with van der Waals surface area (Å²) in [5.41, 5.74) is 5.47. The molecule has 1 fully saturated rings. The summed E-state index contributed by atoms with van der Waals surface area (Å²) in [5, 5.41) is 4.33. The van der Waals surface area contributed by atoms with Crippen molar-refractivity contribution in [2.24, 2.45) is 0 Å². The molecule has 3 aromatic rings. The number of esters is 1. The minimum Gasteiger partial charge on any atom is -0.463 e. The van der Waals surface area contributed by atoms with Gasteiger partial charge in [-0.25, -0.2) is 4.79 Å². The monoisotopic (exact) mass is 463 g/mol. The number of hydrogen-bond acceptors (Lipinski definition) is 4. The van der Waals surface area contributed by atoms with Crippen molar-refractivity contribution < 1.29 is 9.53 Å². The molecule has 0 aliphatic heterocycles. The molecule has 0 radical (unpaired) electrons. The van der Waals surface area contributed by atoms with Crippen LogP contribution in [0.4, 0.5) is 11.4 Å². The van der Waals surface area contributed by atoms with Crippen LogP contribution < -0.4 is 5.32 Å². The summed E-state index contributed by atoms with van der Waals surface area (Å²) < 4.78 is 5.06. The molecule has 0 unspecified atom stereocenters. The minimum absolute atomic E-state index is 0.342. The van der Waals surface area contributed by atoms with E-state index in [1.165, 1.54) is 30.0 Å². The van der Waals surface area contributed by atoms with Crippen molar-refractivity contribution in [1.82, 2.24) is 0 Å². The molecule has 1 aliphatic carbocycles. The maximum atomic E-state index is 11.9. The fraction of sp³-hybridized carbons (Fsp3) is 0.222. The zero-order valence-corrected chi connectivity index (χ0v) is 19.6. The van der Waals surface area contributed by atoms with Crippen molar-refractivity contribution in [2.45, 2.75) is 36.3 Å². The smallest absolute Gasteiger partial charge is 0.330 e. The Morgan fingerprint density at radius 3 is 2.62 bits per heavy atom. The van der Waals surface area contributed by atoms with Crippen LogP contribution in [0.5, 0.6) is 0 Å². The van der Waals surface area contributed by atoms with Crippen LogP contribution in [0.15, 0.2) is 77.7 Å². The van der Waals surface area contributed by atoms with E-state index in [1.807, 2.05) is 24.3 Å². The third kappa shape index (κ3) is 6.18. The summed E-state index contributed by atoms with van der Waals surface area (Å²) in [6.45, 7) is 2.16. The van der Waals surface area contributed by atoms with E-state index in [0.717, 1.165) is 32.6 Å². The highest BCUT2D eigenvalue weighted by Gasteiger charge is 2.26. The first-order valence-corrected chi connectivity index (χ1v) is 12.2. The molecule has 4 rings (SSSR count). The van der Waals surface area contributed by atoms with Crippen molar-refractivity contribution in [3.05, 3.63) is 94.5 Å². The number of carbonyl (C=O) groups excluding carboxylic acids is 1. The Morgan fingerprint density at radius 1 is 1.09 bits per heavy atom. The van der Waals surface area contributed by atoms with Gasteiger partial charge in [0.05, 0.1) is 6.61 Å². The van der Waals surface area contributed by atoms with Gasteiger partial charge < -0.3 is 10.1 Å². The van der Waals surface area contributed by atoms with Crippen LogP contribution in [0.3, 0.4) is 0 Å². The maximum absolute atomic E-state index is 11.9. The number of carbonyl (C=O) groups is 1. The van der Waals surface area contributed by atoms with Crippen LogP contribution in [0.2, 0.25) is 5.02 Å². The van der Waals surface area contributed by atoms with Crippen LogP contribution in [-0.2, 0) is 15.3 Å². The van der Waals surface area contributed by atoms with Crippen molar-refractivity contribution in [1.29, 1.82) is 0 Å². The third-order valence-electron chi connectivity index (χ3n) is 5.26. The normalized spacial score (nSPS) is 13.3. The standard InChI is InChI=1S/C27H26ClNO2S/c1-2-31-27(30)15-10-21-16-23(32-18-19-6-4-3-5-7-19)12-14-25(21)29-26-13-11-22(28)17-24(26)20-8-9-20/h3-7,10-17,20,29H,2,8-9,18H2,1H3/b15-10+. The summed E-state index contributed by atoms with van der Waals surface area (Å²) in [5.74, 6) is 1.11. The van der Waals surface area contributed by atoms with E-state index in [4.69, 9.17) is 16.3 Å². The molecule has 32 heavy (non-hydrogen) atoms. The summed E-state index contributed by atoms with van der Waals surface area (Å²) in [6.07, 6.45) is 5.69. The van der Waals surface area contributed by atoms with Crippen molar-refractivity contribution >= 4 is 46.8 Å². The van der Waals surface area contributed by atoms with Crippen LogP contribution in [0.25, 0.3) is 6.08 Å². The van der Waals surface area contributed by atoms with E-state index >= 15 is 0 Å². The third-order valence-corrected chi connectivity index (χ3v) is 6.56. The van der Waals surface area contributed by atoms with Gasteiger partial charge in [-0.05, 0) is 84.8 Å². The zero-order chi connectivity index (χ0) is 22.3. The van der Waals surface area contributed by atoms with Crippen LogP contribution in [0, 0.1) is 0 Å². The second-order valence-corrected chi connectivity index (χ2v) is 9.22. The quantitative estimate of drug-likeness (QED) is 0.199. The van der Waals surface area contributed by atoms with Crippen molar-refractivity contribution in [3.8, 4) is 0 Å². The lowest BCUT2D eigenvalue weighted by atomic mass is 10.1. The van der Waals surface area contributed by atoms with Gasteiger partial charge in [-0.1, -0.05) is 41.9 Å². The first kappa shape index (κ1) is 22.5. The lowest BCUT2D eigenvalue weighted by Gasteiger charge is -2.15. The minimum atomic E-state index is -0.342. The molecular weight excluding hydrogens is 438 g/mol. The fourth-order valence-electron chi connectivity index (χ4n) is 3.50.